The summed E-state index contributed by atoms with van der Waals surface area (Å²) in [6, 6.07) is 10.3. The van der Waals surface area contributed by atoms with E-state index in [1.807, 2.05) is 30.4 Å². The van der Waals surface area contributed by atoms with Gasteiger partial charge in [-0.05, 0) is 18.4 Å². The monoisotopic (exact) mass is 277 g/mol. The largest absolute Gasteiger partial charge is 0.355 e. The minimum absolute atomic E-state index is 0.00658. The van der Waals surface area contributed by atoms with Crippen LogP contribution in [0.4, 0.5) is 0 Å². The summed E-state index contributed by atoms with van der Waals surface area (Å²) in [6.07, 6.45) is 14.2. The number of amides is 1. The molecule has 0 aliphatic heterocycles. The first kappa shape index (κ1) is 13.6. The SMILES string of the molecule is CNC(=O)C1=CCC2=CC=CC=CC1(c1ccccc1)C2. The van der Waals surface area contributed by atoms with E-state index in [9.17, 15) is 4.79 Å². The predicted molar refractivity (Wildman–Crippen MR) is 85.9 cm³/mol. The van der Waals surface area contributed by atoms with Crippen molar-refractivity contribution >= 4 is 5.91 Å². The van der Waals surface area contributed by atoms with Crippen LogP contribution in [0.5, 0.6) is 0 Å². The molecule has 0 fully saturated rings. The van der Waals surface area contributed by atoms with E-state index in [1.165, 1.54) is 5.57 Å². The van der Waals surface area contributed by atoms with E-state index in [-0.39, 0.29) is 11.3 Å². The van der Waals surface area contributed by atoms with Crippen LogP contribution >= 0.6 is 0 Å². The Morgan fingerprint density at radius 1 is 1.14 bits per heavy atom. The molecular weight excluding hydrogens is 258 g/mol. The quantitative estimate of drug-likeness (QED) is 0.881. The summed E-state index contributed by atoms with van der Waals surface area (Å²) in [6.45, 7) is 0. The summed E-state index contributed by atoms with van der Waals surface area (Å²) in [5.74, 6) is 0.00658. The first-order valence-corrected chi connectivity index (χ1v) is 7.28. The highest BCUT2D eigenvalue weighted by Crippen LogP contribution is 2.44. The maximum atomic E-state index is 12.4. The summed E-state index contributed by atoms with van der Waals surface area (Å²) >= 11 is 0. The molecule has 2 heteroatoms. The maximum absolute atomic E-state index is 12.4. The normalized spacial score (nSPS) is 23.7. The lowest BCUT2D eigenvalue weighted by atomic mass is 9.65. The standard InChI is InChI=1S/C19H19NO/c1-20-18(21)17-12-11-15-8-4-3-7-13-19(17,14-15)16-9-5-2-6-10-16/h2-10,12-13H,11,14H2,1H3,(H,20,21). The van der Waals surface area contributed by atoms with Gasteiger partial charge in [-0.2, -0.15) is 0 Å². The van der Waals surface area contributed by atoms with Gasteiger partial charge < -0.3 is 5.32 Å². The minimum atomic E-state index is -0.365. The van der Waals surface area contributed by atoms with Crippen molar-refractivity contribution in [1.29, 1.82) is 0 Å². The van der Waals surface area contributed by atoms with Crippen molar-refractivity contribution in [2.75, 3.05) is 7.05 Å². The molecule has 1 unspecified atom stereocenters. The molecule has 3 rings (SSSR count). The molecule has 0 aromatic heterocycles. The number of carbonyl (C=O) groups is 1. The van der Waals surface area contributed by atoms with Gasteiger partial charge >= 0.3 is 0 Å². The fourth-order valence-corrected chi connectivity index (χ4v) is 3.21. The summed E-state index contributed by atoms with van der Waals surface area (Å²) in [5.41, 5.74) is 3.00. The fourth-order valence-electron chi connectivity index (χ4n) is 3.21. The number of benzene rings is 1. The van der Waals surface area contributed by atoms with Gasteiger partial charge in [0.1, 0.15) is 0 Å². The van der Waals surface area contributed by atoms with Crippen LogP contribution in [0.3, 0.4) is 0 Å². The van der Waals surface area contributed by atoms with Crippen LogP contribution in [-0.4, -0.2) is 13.0 Å². The van der Waals surface area contributed by atoms with E-state index < -0.39 is 0 Å². The lowest BCUT2D eigenvalue weighted by molar-refractivity contribution is -0.117. The van der Waals surface area contributed by atoms with Gasteiger partial charge in [-0.3, -0.25) is 4.79 Å². The third-order valence-corrected chi connectivity index (χ3v) is 4.25. The number of nitrogens with one attached hydrogen (secondary N) is 1. The van der Waals surface area contributed by atoms with Crippen LogP contribution < -0.4 is 5.32 Å². The third kappa shape index (κ3) is 2.38. The Kier molecular flexibility index (Phi) is 3.61. The molecule has 1 amide bonds. The molecule has 0 saturated carbocycles. The molecule has 0 heterocycles. The van der Waals surface area contributed by atoms with Crippen molar-refractivity contribution in [3.8, 4) is 0 Å². The lowest BCUT2D eigenvalue weighted by Gasteiger charge is -2.37. The van der Waals surface area contributed by atoms with E-state index >= 15 is 0 Å². The Balaban J connectivity index is 2.22. The van der Waals surface area contributed by atoms with Gasteiger partial charge in [0.2, 0.25) is 5.91 Å². The molecule has 2 nitrogen and oxygen atoms in total. The smallest absolute Gasteiger partial charge is 0.247 e. The molecule has 21 heavy (non-hydrogen) atoms. The number of allylic oxidation sites excluding steroid dienone is 7. The summed E-state index contributed by atoms with van der Waals surface area (Å²) in [5, 5.41) is 2.79. The van der Waals surface area contributed by atoms with Crippen LogP contribution in [0.25, 0.3) is 0 Å². The Hall–Kier alpha value is -2.35. The summed E-state index contributed by atoms with van der Waals surface area (Å²) < 4.78 is 0. The number of rotatable bonds is 2. The van der Waals surface area contributed by atoms with Crippen molar-refractivity contribution in [1.82, 2.24) is 5.32 Å². The first-order valence-electron chi connectivity index (χ1n) is 7.28. The van der Waals surface area contributed by atoms with Gasteiger partial charge in [0.05, 0.1) is 0 Å². The van der Waals surface area contributed by atoms with Gasteiger partial charge in [-0.25, -0.2) is 0 Å². The van der Waals surface area contributed by atoms with Crippen LogP contribution in [-0.2, 0) is 10.2 Å². The molecule has 2 bridgehead atoms. The van der Waals surface area contributed by atoms with Crippen LogP contribution in [0, 0.1) is 0 Å². The van der Waals surface area contributed by atoms with Crippen molar-refractivity contribution in [3.63, 3.8) is 0 Å². The van der Waals surface area contributed by atoms with Crippen LogP contribution in [0.2, 0.25) is 0 Å². The second-order valence-electron chi connectivity index (χ2n) is 5.48. The van der Waals surface area contributed by atoms with E-state index in [4.69, 9.17) is 0 Å². The molecule has 1 atom stereocenters. The molecule has 1 aromatic carbocycles. The average molecular weight is 277 g/mol. The number of hydrogen-bond donors (Lipinski definition) is 1. The average Bonchev–Trinajstić information content (AvgIpc) is 2.53. The Morgan fingerprint density at radius 3 is 2.71 bits per heavy atom. The van der Waals surface area contributed by atoms with Crippen molar-refractivity contribution < 1.29 is 4.79 Å². The Bertz CT molecular complexity index is 664. The predicted octanol–water partition coefficient (Wildman–Crippen LogP) is 3.44. The molecule has 1 aromatic rings. The number of hydrogen-bond acceptors (Lipinski definition) is 1. The molecule has 0 spiro atoms. The van der Waals surface area contributed by atoms with E-state index in [2.05, 4.69) is 41.8 Å². The zero-order valence-electron chi connectivity index (χ0n) is 12.2. The number of fused-ring (bicyclic) bond motifs is 2. The van der Waals surface area contributed by atoms with E-state index in [0.29, 0.717) is 0 Å². The van der Waals surface area contributed by atoms with Crippen molar-refractivity contribution in [3.05, 3.63) is 83.5 Å². The molecular formula is C19H19NO. The number of likely N-dealkylation sites (N-methyl/N-ethyl adjacent to an activating group) is 1. The minimum Gasteiger partial charge on any atom is -0.355 e. The summed E-state index contributed by atoms with van der Waals surface area (Å²) in [7, 11) is 1.69. The van der Waals surface area contributed by atoms with Crippen LogP contribution in [0.15, 0.2) is 77.9 Å². The Morgan fingerprint density at radius 2 is 1.95 bits per heavy atom. The second kappa shape index (κ2) is 5.57. The molecule has 2 aliphatic carbocycles. The topological polar surface area (TPSA) is 29.1 Å². The number of carbonyl (C=O) groups excluding carboxylic acids is 1. The summed E-state index contributed by atoms with van der Waals surface area (Å²) in [4.78, 5) is 12.4. The highest BCUT2D eigenvalue weighted by atomic mass is 16.1. The lowest BCUT2D eigenvalue weighted by Crippen LogP contribution is -2.38. The highest BCUT2D eigenvalue weighted by Gasteiger charge is 2.39. The Labute approximate surface area is 125 Å². The second-order valence-corrected chi connectivity index (χ2v) is 5.48. The van der Waals surface area contributed by atoms with Crippen molar-refractivity contribution in [2.45, 2.75) is 18.3 Å². The molecule has 2 aliphatic rings. The molecule has 106 valence electrons. The van der Waals surface area contributed by atoms with Gasteiger partial charge in [0.15, 0.2) is 0 Å². The highest BCUT2D eigenvalue weighted by molar-refractivity contribution is 5.97. The fraction of sp³-hybridized carbons (Fsp3) is 0.211. The van der Waals surface area contributed by atoms with Gasteiger partial charge in [-0.15, -0.1) is 0 Å². The zero-order chi connectivity index (χ0) is 14.7. The van der Waals surface area contributed by atoms with Gasteiger partial charge in [0, 0.05) is 18.0 Å². The van der Waals surface area contributed by atoms with Crippen LogP contribution in [0.1, 0.15) is 18.4 Å². The molecule has 1 N–H and O–H groups in total. The maximum Gasteiger partial charge on any atom is 0.247 e. The third-order valence-electron chi connectivity index (χ3n) is 4.25. The van der Waals surface area contributed by atoms with E-state index in [1.54, 1.807) is 7.05 Å². The molecule has 0 radical (unpaired) electrons. The van der Waals surface area contributed by atoms with Gasteiger partial charge in [-0.1, -0.05) is 72.4 Å². The molecule has 0 saturated heterocycles. The zero-order valence-corrected chi connectivity index (χ0v) is 12.2. The van der Waals surface area contributed by atoms with Gasteiger partial charge in [0.25, 0.3) is 0 Å². The van der Waals surface area contributed by atoms with E-state index in [0.717, 1.165) is 24.0 Å². The first-order chi connectivity index (χ1) is 10.3. The van der Waals surface area contributed by atoms with Crippen molar-refractivity contribution in [2.24, 2.45) is 0 Å².